The number of rotatable bonds is 5. The average molecular weight is 390 g/mol. The van der Waals surface area contributed by atoms with Gasteiger partial charge in [-0.1, -0.05) is 43.0 Å². The summed E-state index contributed by atoms with van der Waals surface area (Å²) in [5.41, 5.74) is 1.60. The zero-order chi connectivity index (χ0) is 19.9. The second-order valence-corrected chi connectivity index (χ2v) is 15.0. The summed E-state index contributed by atoms with van der Waals surface area (Å²) < 4.78 is 24.4. The highest BCUT2D eigenvalue weighted by atomic mass is 28.3. The zero-order valence-electron chi connectivity index (χ0n) is 18.1. The Morgan fingerprint density at radius 1 is 1.04 bits per heavy atom. The van der Waals surface area contributed by atoms with E-state index in [1.54, 1.807) is 0 Å². The number of benzene rings is 1. The first kappa shape index (κ1) is 21.1. The minimum absolute atomic E-state index is 0.0745. The first-order valence-corrected chi connectivity index (χ1v) is 13.7. The minimum atomic E-state index is -1.48. The van der Waals surface area contributed by atoms with Crippen molar-refractivity contribution in [2.45, 2.75) is 90.7 Å². The smallest absolute Gasteiger partial charge is 0.399 e. The molecule has 1 aromatic carbocycles. The Morgan fingerprint density at radius 3 is 2.26 bits per heavy atom. The van der Waals surface area contributed by atoms with Crippen LogP contribution in [0, 0.1) is 0 Å². The van der Waals surface area contributed by atoms with Crippen molar-refractivity contribution in [2.75, 3.05) is 6.61 Å². The van der Waals surface area contributed by atoms with Gasteiger partial charge in [-0.2, -0.15) is 0 Å². The van der Waals surface area contributed by atoms with E-state index in [2.05, 4.69) is 65.5 Å². The number of hydrogen-bond acceptors (Lipinski definition) is 4. The van der Waals surface area contributed by atoms with Gasteiger partial charge in [0.2, 0.25) is 0 Å². The maximum absolute atomic E-state index is 6.29. The molecule has 0 N–H and O–H groups in total. The van der Waals surface area contributed by atoms with Crippen molar-refractivity contribution in [3.05, 3.63) is 23.8 Å². The molecule has 2 saturated heterocycles. The monoisotopic (exact) mass is 390 g/mol. The summed E-state index contributed by atoms with van der Waals surface area (Å²) in [6, 6.07) is 6.74. The molecule has 150 valence electrons. The minimum Gasteiger partial charge on any atom is -0.399 e. The van der Waals surface area contributed by atoms with Gasteiger partial charge in [0.15, 0.2) is 6.29 Å². The van der Waals surface area contributed by atoms with E-state index < -0.39 is 8.07 Å². The fourth-order valence-corrected chi connectivity index (χ4v) is 4.60. The molecule has 1 atom stereocenters. The Kier molecular flexibility index (Phi) is 5.96. The summed E-state index contributed by atoms with van der Waals surface area (Å²) in [4.78, 5) is 0. The van der Waals surface area contributed by atoms with E-state index in [0.29, 0.717) is 6.61 Å². The lowest BCUT2D eigenvalue weighted by Crippen LogP contribution is -2.43. The topological polar surface area (TPSA) is 36.9 Å². The van der Waals surface area contributed by atoms with Crippen molar-refractivity contribution in [3.63, 3.8) is 0 Å². The summed E-state index contributed by atoms with van der Waals surface area (Å²) in [6.07, 6.45) is 3.22. The lowest BCUT2D eigenvalue weighted by Gasteiger charge is -2.32. The van der Waals surface area contributed by atoms with Gasteiger partial charge in [0, 0.05) is 6.61 Å². The highest BCUT2D eigenvalue weighted by molar-refractivity contribution is 6.89. The van der Waals surface area contributed by atoms with E-state index in [9.17, 15) is 0 Å². The van der Waals surface area contributed by atoms with Gasteiger partial charge in [-0.15, -0.1) is 0 Å². The van der Waals surface area contributed by atoms with Crippen LogP contribution in [0.2, 0.25) is 19.6 Å². The van der Waals surface area contributed by atoms with Crippen LogP contribution in [0.15, 0.2) is 18.2 Å². The molecule has 3 rings (SSSR count). The Labute approximate surface area is 166 Å². The molecule has 4 nitrogen and oxygen atoms in total. The molecule has 6 heteroatoms. The molecule has 0 bridgehead atoms. The summed E-state index contributed by atoms with van der Waals surface area (Å²) >= 11 is 0. The van der Waals surface area contributed by atoms with E-state index in [-0.39, 0.29) is 24.6 Å². The van der Waals surface area contributed by atoms with Crippen LogP contribution in [0.25, 0.3) is 0 Å². The third-order valence-electron chi connectivity index (χ3n) is 5.98. The maximum Gasteiger partial charge on any atom is 0.494 e. The molecule has 0 saturated carbocycles. The van der Waals surface area contributed by atoms with Crippen LogP contribution in [0.4, 0.5) is 0 Å². The first-order valence-electron chi connectivity index (χ1n) is 10.2. The van der Waals surface area contributed by atoms with Gasteiger partial charge in [0.1, 0.15) is 0 Å². The fourth-order valence-electron chi connectivity index (χ4n) is 3.38. The van der Waals surface area contributed by atoms with Crippen molar-refractivity contribution in [3.8, 4) is 0 Å². The summed E-state index contributed by atoms with van der Waals surface area (Å²) in [7, 11) is -1.82. The summed E-state index contributed by atoms with van der Waals surface area (Å²) in [5.74, 6) is 0. The molecule has 2 aliphatic rings. The molecule has 0 aliphatic carbocycles. The lowest BCUT2D eigenvalue weighted by molar-refractivity contribution is -0.168. The van der Waals surface area contributed by atoms with E-state index in [1.165, 1.54) is 17.2 Å². The van der Waals surface area contributed by atoms with Crippen molar-refractivity contribution in [1.29, 1.82) is 0 Å². The third-order valence-corrected chi connectivity index (χ3v) is 8.00. The van der Waals surface area contributed by atoms with Crippen LogP contribution < -0.4 is 10.6 Å². The molecule has 1 aromatic rings. The second-order valence-electron chi connectivity index (χ2n) is 9.91. The molecule has 0 spiro atoms. The lowest BCUT2D eigenvalue weighted by atomic mass is 9.78. The quantitative estimate of drug-likeness (QED) is 0.721. The van der Waals surface area contributed by atoms with Gasteiger partial charge in [-0.05, 0) is 58.0 Å². The molecule has 0 amide bonds. The Morgan fingerprint density at radius 2 is 1.70 bits per heavy atom. The molecule has 1 unspecified atom stereocenters. The maximum atomic E-state index is 6.29. The summed E-state index contributed by atoms with van der Waals surface area (Å²) in [5, 5.41) is 1.40. The van der Waals surface area contributed by atoms with Gasteiger partial charge < -0.3 is 18.8 Å². The molecule has 0 radical (unpaired) electrons. The predicted molar refractivity (Wildman–Crippen MR) is 114 cm³/mol. The highest BCUT2D eigenvalue weighted by Crippen LogP contribution is 2.36. The zero-order valence-corrected chi connectivity index (χ0v) is 19.1. The van der Waals surface area contributed by atoms with Crippen LogP contribution in [0.3, 0.4) is 0 Å². The number of ether oxygens (including phenoxy) is 2. The SMILES string of the molecule is CC1(C)OB(c2cc(COC3CCCCO3)cc([Si](C)(C)C)c2)OC1(C)C. The van der Waals surface area contributed by atoms with Gasteiger partial charge >= 0.3 is 7.12 Å². The Hall–Kier alpha value is -0.658. The second kappa shape index (κ2) is 7.64. The van der Waals surface area contributed by atoms with E-state index in [0.717, 1.165) is 24.9 Å². The number of hydrogen-bond donors (Lipinski definition) is 0. The normalized spacial score (nSPS) is 25.0. The standard InChI is InChI=1S/C21H35BO4Si/c1-20(2)21(3,4)26-22(25-20)17-12-16(13-18(14-17)27(5,6)7)15-24-19-10-8-9-11-23-19/h12-14,19H,8-11,15H2,1-7H3. The van der Waals surface area contributed by atoms with E-state index in [4.69, 9.17) is 18.8 Å². The largest absolute Gasteiger partial charge is 0.494 e. The van der Waals surface area contributed by atoms with Crippen molar-refractivity contribution >= 4 is 25.8 Å². The van der Waals surface area contributed by atoms with Crippen molar-refractivity contribution in [2.24, 2.45) is 0 Å². The van der Waals surface area contributed by atoms with Crippen molar-refractivity contribution < 1.29 is 18.8 Å². The highest BCUT2D eigenvalue weighted by Gasteiger charge is 2.51. The molecule has 0 aromatic heterocycles. The van der Waals surface area contributed by atoms with Crippen LogP contribution in [0.1, 0.15) is 52.5 Å². The average Bonchev–Trinajstić information content (AvgIpc) is 2.81. The van der Waals surface area contributed by atoms with Crippen LogP contribution in [-0.4, -0.2) is 39.3 Å². The molecule has 2 aliphatic heterocycles. The van der Waals surface area contributed by atoms with Crippen LogP contribution in [-0.2, 0) is 25.4 Å². The Bertz CT molecular complexity index is 647. The molecular formula is C21H35BO4Si. The first-order chi connectivity index (χ1) is 12.5. The molecule has 2 heterocycles. The van der Waals surface area contributed by atoms with Gasteiger partial charge in [0.25, 0.3) is 0 Å². The Balaban J connectivity index is 1.83. The molecule has 27 heavy (non-hydrogen) atoms. The van der Waals surface area contributed by atoms with Gasteiger partial charge in [-0.3, -0.25) is 0 Å². The molecular weight excluding hydrogens is 355 g/mol. The predicted octanol–water partition coefficient (Wildman–Crippen LogP) is 3.57. The van der Waals surface area contributed by atoms with Crippen molar-refractivity contribution in [1.82, 2.24) is 0 Å². The fraction of sp³-hybridized carbons (Fsp3) is 0.714. The van der Waals surface area contributed by atoms with Crippen LogP contribution >= 0.6 is 0 Å². The summed E-state index contributed by atoms with van der Waals surface area (Å²) in [6.45, 7) is 16.9. The van der Waals surface area contributed by atoms with E-state index >= 15 is 0 Å². The van der Waals surface area contributed by atoms with Crippen LogP contribution in [0.5, 0.6) is 0 Å². The molecule has 2 fully saturated rings. The van der Waals surface area contributed by atoms with Gasteiger partial charge in [-0.25, -0.2) is 0 Å². The van der Waals surface area contributed by atoms with E-state index in [1.807, 2.05) is 0 Å². The van der Waals surface area contributed by atoms with Gasteiger partial charge in [0.05, 0.1) is 25.9 Å². The third kappa shape index (κ3) is 4.85.